The summed E-state index contributed by atoms with van der Waals surface area (Å²) in [5, 5.41) is 21.0. The zero-order valence-corrected chi connectivity index (χ0v) is 16.3. The lowest BCUT2D eigenvalue weighted by Gasteiger charge is -2.11. The summed E-state index contributed by atoms with van der Waals surface area (Å²) >= 11 is 3.02. The zero-order chi connectivity index (χ0) is 17.5. The maximum absolute atomic E-state index is 10.3. The number of unbranched alkanes of at least 4 members (excludes halogenated alkanes) is 2. The van der Waals surface area contributed by atoms with Gasteiger partial charge in [-0.25, -0.2) is 0 Å². The minimum atomic E-state index is 0.207. The Hall–Kier alpha value is -1.26. The van der Waals surface area contributed by atoms with Crippen molar-refractivity contribution in [3.8, 4) is 22.6 Å². The number of thioether (sulfide) groups is 1. The van der Waals surface area contributed by atoms with Gasteiger partial charge in [0.25, 0.3) is 0 Å². The number of benzene rings is 2. The minimum Gasteiger partial charge on any atom is -0.507 e. The smallest absolute Gasteiger partial charge is 0.153 e. The van der Waals surface area contributed by atoms with Crippen molar-refractivity contribution in [1.29, 1.82) is 0 Å². The molecule has 130 valence electrons. The second-order valence-corrected chi connectivity index (χ2v) is 9.07. The first-order valence-corrected chi connectivity index (χ1v) is 10.5. The van der Waals surface area contributed by atoms with Gasteiger partial charge in [-0.1, -0.05) is 27.2 Å². The van der Waals surface area contributed by atoms with Crippen LogP contribution in [0.1, 0.15) is 40.0 Å². The Balaban J connectivity index is 2.26. The number of phenolic OH excluding ortho intramolecular Hbond substituents is 2. The van der Waals surface area contributed by atoms with E-state index in [9.17, 15) is 10.2 Å². The zero-order valence-electron chi connectivity index (χ0n) is 14.6. The largest absolute Gasteiger partial charge is 0.507 e. The summed E-state index contributed by atoms with van der Waals surface area (Å²) in [7, 11) is 0. The summed E-state index contributed by atoms with van der Waals surface area (Å²) < 4.78 is 0. The number of aromatic hydroxyl groups is 2. The Morgan fingerprint density at radius 3 is 2.29 bits per heavy atom. The summed E-state index contributed by atoms with van der Waals surface area (Å²) in [5.74, 6) is 1.55. The quantitative estimate of drug-likeness (QED) is 0.276. The van der Waals surface area contributed by atoms with Crippen LogP contribution in [0.25, 0.3) is 11.1 Å². The van der Waals surface area contributed by atoms with Crippen molar-refractivity contribution in [3.63, 3.8) is 0 Å². The van der Waals surface area contributed by atoms with Crippen molar-refractivity contribution in [3.05, 3.63) is 36.4 Å². The first-order valence-electron chi connectivity index (χ1n) is 8.51. The highest BCUT2D eigenvalue weighted by molar-refractivity contribution is 7.99. The van der Waals surface area contributed by atoms with Crippen molar-refractivity contribution in [2.75, 3.05) is 5.75 Å². The highest BCUT2D eigenvalue weighted by Gasteiger charge is 2.14. The van der Waals surface area contributed by atoms with Crippen LogP contribution in [-0.2, 0) is 11.8 Å². The number of hydrogen-bond donors (Lipinski definition) is 2. The normalized spacial score (nSPS) is 11.2. The molecule has 0 atom stereocenters. The average molecular weight is 364 g/mol. The molecule has 0 aliphatic carbocycles. The Labute approximate surface area is 153 Å². The summed E-state index contributed by atoms with van der Waals surface area (Å²) in [6, 6.07) is 11.3. The van der Waals surface area contributed by atoms with E-state index >= 15 is 0 Å². The van der Waals surface area contributed by atoms with Crippen LogP contribution in [0.5, 0.6) is 11.5 Å². The van der Waals surface area contributed by atoms with E-state index < -0.39 is 0 Å². The second kappa shape index (κ2) is 9.28. The molecule has 2 rings (SSSR count). The first-order chi connectivity index (χ1) is 11.5. The molecule has 0 amide bonds. The van der Waals surface area contributed by atoms with Crippen LogP contribution in [0, 0.1) is 0 Å². The Bertz CT molecular complexity index is 669. The first kappa shape index (κ1) is 19.1. The number of phenols is 2. The fraction of sp³-hybridized carbons (Fsp3) is 0.400. The Kier molecular flexibility index (Phi) is 7.38. The third-order valence-electron chi connectivity index (χ3n) is 3.67. The van der Waals surface area contributed by atoms with Crippen LogP contribution in [0.3, 0.4) is 0 Å². The van der Waals surface area contributed by atoms with Crippen molar-refractivity contribution in [1.82, 2.24) is 0 Å². The predicted octanol–water partition coefficient (Wildman–Crippen LogP) is 5.63. The van der Waals surface area contributed by atoms with Gasteiger partial charge in [0, 0.05) is 39.1 Å². The van der Waals surface area contributed by atoms with Gasteiger partial charge >= 0.3 is 0 Å². The molecular weight excluding hydrogens is 336 g/mol. The van der Waals surface area contributed by atoms with E-state index in [1.807, 2.05) is 24.3 Å². The van der Waals surface area contributed by atoms with Gasteiger partial charge in [-0.2, -0.15) is 0 Å². The van der Waals surface area contributed by atoms with Gasteiger partial charge in [0.15, 0.2) is 4.90 Å². The summed E-state index contributed by atoms with van der Waals surface area (Å²) in [4.78, 5) is 2.28. The average Bonchev–Trinajstić information content (AvgIpc) is 2.54. The molecule has 2 aromatic rings. The number of rotatable bonds is 8. The van der Waals surface area contributed by atoms with Crippen molar-refractivity contribution in [2.24, 2.45) is 0 Å². The van der Waals surface area contributed by atoms with Crippen molar-refractivity contribution < 1.29 is 10.2 Å². The third-order valence-corrected chi connectivity index (χ3v) is 5.85. The van der Waals surface area contributed by atoms with E-state index in [0.717, 1.165) is 10.6 Å². The van der Waals surface area contributed by atoms with E-state index in [1.54, 1.807) is 23.9 Å². The molecule has 2 nitrogen and oxygen atoms in total. The lowest BCUT2D eigenvalue weighted by atomic mass is 10.0. The molecular formula is C20H27O2S2+. The fourth-order valence-electron chi connectivity index (χ4n) is 2.48. The van der Waals surface area contributed by atoms with Crippen LogP contribution < -0.4 is 0 Å². The van der Waals surface area contributed by atoms with E-state index in [1.165, 1.54) is 35.9 Å². The number of hydrogen-bond acceptors (Lipinski definition) is 3. The lowest BCUT2D eigenvalue weighted by molar-refractivity contribution is 0.468. The molecule has 0 spiro atoms. The van der Waals surface area contributed by atoms with Crippen LogP contribution in [-0.4, -0.2) is 21.2 Å². The molecule has 0 aromatic heterocycles. The van der Waals surface area contributed by atoms with E-state index in [2.05, 4.69) is 20.8 Å². The standard InChI is InChI=1S/C20H26O2S2/c1-4-5-6-11-23-15-7-9-19(21)17(12-15)18-13-16(24-14(2)3)8-10-20(18)22/h7-10,12-14,21-22H,4-6,11H2,1-3H3/p+1. The number of thiol groups is 1. The van der Waals surface area contributed by atoms with E-state index in [0.29, 0.717) is 16.4 Å². The molecule has 0 heterocycles. The monoisotopic (exact) mass is 363 g/mol. The molecule has 0 aliphatic heterocycles. The molecule has 2 aromatic carbocycles. The van der Waals surface area contributed by atoms with Gasteiger partial charge in [-0.15, -0.1) is 11.8 Å². The topological polar surface area (TPSA) is 40.5 Å². The maximum Gasteiger partial charge on any atom is 0.153 e. The van der Waals surface area contributed by atoms with Gasteiger partial charge in [0.1, 0.15) is 17.3 Å². The van der Waals surface area contributed by atoms with Crippen LogP contribution in [0.15, 0.2) is 46.2 Å². The molecule has 0 saturated heterocycles. The van der Waals surface area contributed by atoms with Gasteiger partial charge in [0.2, 0.25) is 0 Å². The molecule has 0 fully saturated rings. The highest BCUT2D eigenvalue weighted by Crippen LogP contribution is 2.39. The molecule has 4 heteroatoms. The van der Waals surface area contributed by atoms with Gasteiger partial charge < -0.3 is 10.2 Å². The van der Waals surface area contributed by atoms with Crippen LogP contribution >= 0.6 is 11.8 Å². The molecule has 0 unspecified atom stereocenters. The Morgan fingerprint density at radius 2 is 1.62 bits per heavy atom. The van der Waals surface area contributed by atoms with Crippen LogP contribution in [0.2, 0.25) is 0 Å². The SMILES string of the molecule is CCCCC[SH+]c1ccc(O)c(-c2cc(SC(C)C)ccc2O)c1. The molecule has 24 heavy (non-hydrogen) atoms. The predicted molar refractivity (Wildman–Crippen MR) is 108 cm³/mol. The van der Waals surface area contributed by atoms with E-state index in [4.69, 9.17) is 0 Å². The second-order valence-electron chi connectivity index (χ2n) is 6.14. The van der Waals surface area contributed by atoms with Gasteiger partial charge in [0.05, 0.1) is 0 Å². The highest BCUT2D eigenvalue weighted by atomic mass is 32.2. The summed E-state index contributed by atoms with van der Waals surface area (Å²) in [5.41, 5.74) is 1.41. The minimum absolute atomic E-state index is 0.207. The Morgan fingerprint density at radius 1 is 0.958 bits per heavy atom. The van der Waals surface area contributed by atoms with Gasteiger partial charge in [-0.05, 0) is 43.2 Å². The van der Waals surface area contributed by atoms with Crippen molar-refractivity contribution >= 4 is 23.5 Å². The molecule has 0 radical (unpaired) electrons. The van der Waals surface area contributed by atoms with E-state index in [-0.39, 0.29) is 11.5 Å². The van der Waals surface area contributed by atoms with Crippen molar-refractivity contribution in [2.45, 2.75) is 55.1 Å². The molecule has 0 aliphatic rings. The fourth-order valence-corrected chi connectivity index (χ4v) is 4.40. The molecule has 0 saturated carbocycles. The summed E-state index contributed by atoms with van der Waals surface area (Å²) in [6.07, 6.45) is 3.71. The van der Waals surface area contributed by atoms with Crippen LogP contribution in [0.4, 0.5) is 0 Å². The molecule has 0 bridgehead atoms. The maximum atomic E-state index is 10.3. The molecule has 2 N–H and O–H groups in total. The lowest BCUT2D eigenvalue weighted by Crippen LogP contribution is -1.92. The third kappa shape index (κ3) is 5.38. The summed E-state index contributed by atoms with van der Waals surface area (Å²) in [6.45, 7) is 6.50. The van der Waals surface area contributed by atoms with Gasteiger partial charge in [-0.3, -0.25) is 0 Å².